The number of nitrogens with two attached hydrogens (primary N) is 1. The second-order valence-electron chi connectivity index (χ2n) is 5.18. The second kappa shape index (κ2) is 5.33. The smallest absolute Gasteiger partial charge is 0.252 e. The molecule has 110 valence electrons. The van der Waals surface area contributed by atoms with E-state index < -0.39 is 22.7 Å². The number of allylic oxidation sites excluding steroid dienone is 1. The third-order valence-electron chi connectivity index (χ3n) is 3.71. The van der Waals surface area contributed by atoms with E-state index in [4.69, 9.17) is 5.14 Å². The van der Waals surface area contributed by atoms with Crippen molar-refractivity contribution < 1.29 is 17.4 Å². The lowest BCUT2D eigenvalue weighted by molar-refractivity contribution is -0.137. The summed E-state index contributed by atoms with van der Waals surface area (Å²) in [6.45, 7) is 5.63. The molecule has 0 aliphatic heterocycles. The van der Waals surface area contributed by atoms with Crippen LogP contribution < -0.4 is 5.14 Å². The van der Waals surface area contributed by atoms with Crippen molar-refractivity contribution >= 4 is 16.6 Å². The molecule has 1 aromatic carbocycles. The standard InChI is InChI=1S/C14H16F3NOS/c1-8-5-10(6-9(2)20(18)19)12-4-3-11(7-13(8)12)14(15,16)17/h3-4,7,9-10H,1,5-6,18H2,2H3/t9?,10-,20?/m1/s1. The Hall–Kier alpha value is -1.14. The fourth-order valence-corrected chi connectivity index (χ4v) is 3.04. The highest BCUT2D eigenvalue weighted by molar-refractivity contribution is 7.83. The van der Waals surface area contributed by atoms with E-state index in [1.165, 1.54) is 6.07 Å². The fraction of sp³-hybridized carbons (Fsp3) is 0.429. The van der Waals surface area contributed by atoms with Crippen molar-refractivity contribution in [3.8, 4) is 0 Å². The Morgan fingerprint density at radius 3 is 2.70 bits per heavy atom. The first-order valence-electron chi connectivity index (χ1n) is 6.24. The summed E-state index contributed by atoms with van der Waals surface area (Å²) in [6, 6.07) is 3.75. The van der Waals surface area contributed by atoms with Gasteiger partial charge in [-0.05, 0) is 54.5 Å². The Labute approximate surface area is 118 Å². The van der Waals surface area contributed by atoms with Crippen LogP contribution in [0.1, 0.15) is 42.4 Å². The normalized spacial score (nSPS) is 21.6. The average molecular weight is 303 g/mol. The SMILES string of the molecule is C=C1C[C@H](CC(C)S(N)=O)c2ccc(C(F)(F)F)cc21. The minimum Gasteiger partial charge on any atom is -0.252 e. The van der Waals surface area contributed by atoms with Gasteiger partial charge < -0.3 is 0 Å². The van der Waals surface area contributed by atoms with Crippen LogP contribution in [-0.2, 0) is 17.2 Å². The van der Waals surface area contributed by atoms with Crippen LogP contribution in [0.3, 0.4) is 0 Å². The maximum atomic E-state index is 12.7. The lowest BCUT2D eigenvalue weighted by Gasteiger charge is -2.15. The highest BCUT2D eigenvalue weighted by atomic mass is 32.2. The van der Waals surface area contributed by atoms with Crippen LogP contribution >= 0.6 is 0 Å². The molecule has 0 spiro atoms. The summed E-state index contributed by atoms with van der Waals surface area (Å²) in [7, 11) is -1.42. The van der Waals surface area contributed by atoms with Gasteiger partial charge in [0, 0.05) is 5.25 Å². The molecular formula is C14H16F3NOS. The van der Waals surface area contributed by atoms with Crippen LogP contribution in [-0.4, -0.2) is 9.46 Å². The van der Waals surface area contributed by atoms with Gasteiger partial charge in [-0.3, -0.25) is 5.14 Å². The minimum absolute atomic E-state index is 0.0438. The van der Waals surface area contributed by atoms with Crippen molar-refractivity contribution in [3.05, 3.63) is 41.5 Å². The molecule has 20 heavy (non-hydrogen) atoms. The highest BCUT2D eigenvalue weighted by Gasteiger charge is 2.34. The van der Waals surface area contributed by atoms with Gasteiger partial charge >= 0.3 is 6.18 Å². The third-order valence-corrected chi connectivity index (χ3v) is 4.69. The molecule has 2 nitrogen and oxygen atoms in total. The van der Waals surface area contributed by atoms with Gasteiger partial charge in [-0.25, -0.2) is 4.21 Å². The van der Waals surface area contributed by atoms with Crippen LogP contribution in [0, 0.1) is 0 Å². The Kier molecular flexibility index (Phi) is 4.07. The summed E-state index contributed by atoms with van der Waals surface area (Å²) in [6.07, 6.45) is -3.17. The molecule has 1 aliphatic rings. The zero-order valence-corrected chi connectivity index (χ0v) is 11.9. The largest absolute Gasteiger partial charge is 0.416 e. The monoisotopic (exact) mass is 303 g/mol. The maximum absolute atomic E-state index is 12.7. The summed E-state index contributed by atoms with van der Waals surface area (Å²) in [4.78, 5) is 0. The first-order valence-corrected chi connectivity index (χ1v) is 7.52. The van der Waals surface area contributed by atoms with Gasteiger partial charge in [-0.2, -0.15) is 13.2 Å². The van der Waals surface area contributed by atoms with Crippen molar-refractivity contribution in [1.82, 2.24) is 0 Å². The van der Waals surface area contributed by atoms with Gasteiger partial charge in [0.25, 0.3) is 0 Å². The Morgan fingerprint density at radius 1 is 1.50 bits per heavy atom. The van der Waals surface area contributed by atoms with E-state index in [2.05, 4.69) is 6.58 Å². The molecule has 0 aromatic heterocycles. The van der Waals surface area contributed by atoms with Crippen LogP contribution in [0.4, 0.5) is 13.2 Å². The highest BCUT2D eigenvalue weighted by Crippen LogP contribution is 2.44. The number of rotatable bonds is 3. The number of halogens is 3. The molecule has 6 heteroatoms. The van der Waals surface area contributed by atoms with Crippen molar-refractivity contribution in [3.63, 3.8) is 0 Å². The summed E-state index contributed by atoms with van der Waals surface area (Å²) in [5, 5.41) is 5.16. The van der Waals surface area contributed by atoms with E-state index >= 15 is 0 Å². The molecule has 2 unspecified atom stereocenters. The average Bonchev–Trinajstić information content (AvgIpc) is 2.65. The summed E-state index contributed by atoms with van der Waals surface area (Å²) in [5.41, 5.74) is 1.46. The maximum Gasteiger partial charge on any atom is 0.416 e. The summed E-state index contributed by atoms with van der Waals surface area (Å²) >= 11 is 0. The molecule has 3 atom stereocenters. The Morgan fingerprint density at radius 2 is 2.15 bits per heavy atom. The van der Waals surface area contributed by atoms with Gasteiger partial charge in [-0.1, -0.05) is 12.6 Å². The molecule has 2 N–H and O–H groups in total. The second-order valence-corrected chi connectivity index (χ2v) is 6.64. The number of hydrogen-bond donors (Lipinski definition) is 1. The lowest BCUT2D eigenvalue weighted by atomic mass is 9.95. The molecule has 0 bridgehead atoms. The fourth-order valence-electron chi connectivity index (χ4n) is 2.62. The van der Waals surface area contributed by atoms with Gasteiger partial charge in [0.15, 0.2) is 0 Å². The van der Waals surface area contributed by atoms with E-state index in [0.717, 1.165) is 17.7 Å². The van der Waals surface area contributed by atoms with Crippen molar-refractivity contribution in [2.75, 3.05) is 0 Å². The van der Waals surface area contributed by atoms with Crippen molar-refractivity contribution in [2.45, 2.75) is 37.1 Å². The van der Waals surface area contributed by atoms with Gasteiger partial charge in [0.1, 0.15) is 0 Å². The van der Waals surface area contributed by atoms with E-state index in [0.29, 0.717) is 24.0 Å². The predicted octanol–water partition coefficient (Wildman–Crippen LogP) is 3.61. The van der Waals surface area contributed by atoms with Crippen molar-refractivity contribution in [2.24, 2.45) is 5.14 Å². The zero-order valence-electron chi connectivity index (χ0n) is 11.0. The first-order chi connectivity index (χ1) is 9.20. The molecule has 0 saturated carbocycles. The van der Waals surface area contributed by atoms with Crippen LogP contribution in [0.25, 0.3) is 5.57 Å². The van der Waals surface area contributed by atoms with Crippen LogP contribution in [0.2, 0.25) is 0 Å². The number of benzene rings is 1. The van der Waals surface area contributed by atoms with Crippen LogP contribution in [0.15, 0.2) is 24.8 Å². The molecule has 0 saturated heterocycles. The van der Waals surface area contributed by atoms with Gasteiger partial charge in [-0.15, -0.1) is 0 Å². The molecule has 0 radical (unpaired) electrons. The van der Waals surface area contributed by atoms with E-state index in [1.807, 2.05) is 0 Å². The predicted molar refractivity (Wildman–Crippen MR) is 74.2 cm³/mol. The van der Waals surface area contributed by atoms with E-state index in [-0.39, 0.29) is 11.2 Å². The molecule has 1 aromatic rings. The topological polar surface area (TPSA) is 43.1 Å². The Bertz CT molecular complexity index is 568. The number of fused-ring (bicyclic) bond motifs is 1. The molecule has 0 heterocycles. The molecule has 0 amide bonds. The van der Waals surface area contributed by atoms with Gasteiger partial charge in [0.05, 0.1) is 16.5 Å². The first kappa shape index (κ1) is 15.3. The molecule has 0 fully saturated rings. The number of hydrogen-bond acceptors (Lipinski definition) is 1. The Balaban J connectivity index is 2.31. The summed E-state index contributed by atoms with van der Waals surface area (Å²) in [5.74, 6) is 0.0438. The molecular weight excluding hydrogens is 287 g/mol. The van der Waals surface area contributed by atoms with Crippen molar-refractivity contribution in [1.29, 1.82) is 0 Å². The van der Waals surface area contributed by atoms with E-state index in [9.17, 15) is 17.4 Å². The minimum atomic E-state index is -4.35. The molecule has 2 rings (SSSR count). The third kappa shape index (κ3) is 2.96. The van der Waals surface area contributed by atoms with Gasteiger partial charge in [0.2, 0.25) is 0 Å². The lowest BCUT2D eigenvalue weighted by Crippen LogP contribution is -2.20. The van der Waals surface area contributed by atoms with E-state index in [1.54, 1.807) is 6.92 Å². The number of alkyl halides is 3. The zero-order chi connectivity index (χ0) is 15.1. The van der Waals surface area contributed by atoms with Crippen LogP contribution in [0.5, 0.6) is 0 Å². The summed E-state index contributed by atoms with van der Waals surface area (Å²) < 4.78 is 49.4. The quantitative estimate of drug-likeness (QED) is 0.911. The molecule has 1 aliphatic carbocycles.